The van der Waals surface area contributed by atoms with Crippen molar-refractivity contribution in [3.8, 4) is 11.4 Å². The molecule has 0 aliphatic carbocycles. The van der Waals surface area contributed by atoms with Crippen LogP contribution in [0.1, 0.15) is 11.1 Å². The number of fused-ring (bicyclic) bond motifs is 1. The zero-order valence-electron chi connectivity index (χ0n) is 13.7. The fraction of sp³-hybridized carbons (Fsp3) is 0.111. The Labute approximate surface area is 152 Å². The maximum Gasteiger partial charge on any atom is 0.336 e. The number of aryl methyl sites for hydroxylation is 1. The highest BCUT2D eigenvalue weighted by Crippen LogP contribution is 2.26. The van der Waals surface area contributed by atoms with Gasteiger partial charge in [0.25, 0.3) is 0 Å². The third-order valence-electron chi connectivity index (χ3n) is 3.95. The van der Waals surface area contributed by atoms with E-state index in [1.54, 1.807) is 16.8 Å². The Bertz CT molecular complexity index is 1120. The molecule has 4 rings (SSSR count). The summed E-state index contributed by atoms with van der Waals surface area (Å²) >= 11 is 6.20. The molecule has 0 aliphatic heterocycles. The predicted molar refractivity (Wildman–Crippen MR) is 95.7 cm³/mol. The van der Waals surface area contributed by atoms with Crippen LogP contribution in [0.15, 0.2) is 58.0 Å². The number of tetrazole rings is 1. The molecule has 0 aliphatic rings. The van der Waals surface area contributed by atoms with Crippen LogP contribution in [0.3, 0.4) is 0 Å². The van der Waals surface area contributed by atoms with E-state index < -0.39 is 5.63 Å². The molecule has 0 fully saturated rings. The van der Waals surface area contributed by atoms with Crippen LogP contribution >= 0.6 is 11.6 Å². The van der Waals surface area contributed by atoms with E-state index in [1.807, 2.05) is 31.2 Å². The van der Waals surface area contributed by atoms with Crippen molar-refractivity contribution in [2.24, 2.45) is 0 Å². The van der Waals surface area contributed by atoms with E-state index in [4.69, 9.17) is 20.8 Å². The molecule has 0 saturated carbocycles. The van der Waals surface area contributed by atoms with Gasteiger partial charge in [0, 0.05) is 22.0 Å². The lowest BCUT2D eigenvalue weighted by atomic mass is 10.1. The first-order valence-corrected chi connectivity index (χ1v) is 8.17. The summed E-state index contributed by atoms with van der Waals surface area (Å²) in [7, 11) is 0. The van der Waals surface area contributed by atoms with Gasteiger partial charge in [0.15, 0.2) is 0 Å². The van der Waals surface area contributed by atoms with E-state index in [1.165, 1.54) is 12.4 Å². The summed E-state index contributed by atoms with van der Waals surface area (Å²) in [6.07, 6.45) is 1.51. The van der Waals surface area contributed by atoms with E-state index in [-0.39, 0.29) is 6.61 Å². The third-order valence-corrected chi connectivity index (χ3v) is 4.36. The Hall–Kier alpha value is -3.19. The number of hydrogen-bond donors (Lipinski definition) is 0. The minimum Gasteiger partial charge on any atom is -0.489 e. The Balaban J connectivity index is 1.60. The van der Waals surface area contributed by atoms with Crippen molar-refractivity contribution >= 4 is 22.6 Å². The standard InChI is InChI=1S/C18H13ClN4O3/c1-11-6-17-15(8-16(11)19)12(7-18(24)26-17)9-25-14-4-2-13(3-5-14)23-10-20-21-22-23/h2-8,10H,9H2,1H3. The van der Waals surface area contributed by atoms with Crippen LogP contribution in [0.4, 0.5) is 0 Å². The molecule has 0 amide bonds. The number of benzene rings is 2. The number of ether oxygens (including phenoxy) is 1. The molecule has 7 nitrogen and oxygen atoms in total. The van der Waals surface area contributed by atoms with Gasteiger partial charge in [-0.2, -0.15) is 0 Å². The highest BCUT2D eigenvalue weighted by atomic mass is 35.5. The van der Waals surface area contributed by atoms with Crippen LogP contribution in [0.2, 0.25) is 5.02 Å². The maximum absolute atomic E-state index is 11.8. The van der Waals surface area contributed by atoms with Crippen LogP contribution in [-0.4, -0.2) is 20.2 Å². The van der Waals surface area contributed by atoms with Crippen LogP contribution < -0.4 is 10.4 Å². The molecule has 2 aromatic heterocycles. The minimum absolute atomic E-state index is 0.214. The molecule has 2 heterocycles. The Morgan fingerprint density at radius 1 is 1.19 bits per heavy atom. The summed E-state index contributed by atoms with van der Waals surface area (Å²) in [5.74, 6) is 0.654. The van der Waals surface area contributed by atoms with E-state index in [0.29, 0.717) is 21.9 Å². The van der Waals surface area contributed by atoms with E-state index in [2.05, 4.69) is 15.5 Å². The topological polar surface area (TPSA) is 83.0 Å². The van der Waals surface area contributed by atoms with Crippen molar-refractivity contribution in [3.63, 3.8) is 0 Å². The van der Waals surface area contributed by atoms with Crippen molar-refractivity contribution < 1.29 is 9.15 Å². The zero-order valence-corrected chi connectivity index (χ0v) is 14.5. The quantitative estimate of drug-likeness (QED) is 0.514. The molecular weight excluding hydrogens is 356 g/mol. The molecule has 130 valence electrons. The number of rotatable bonds is 4. The molecular formula is C18H13ClN4O3. The van der Waals surface area contributed by atoms with Crippen molar-refractivity contribution in [2.75, 3.05) is 0 Å². The third kappa shape index (κ3) is 3.16. The maximum atomic E-state index is 11.8. The molecule has 0 saturated heterocycles. The number of aromatic nitrogens is 4. The average Bonchev–Trinajstić information content (AvgIpc) is 3.16. The van der Waals surface area contributed by atoms with E-state index in [0.717, 1.165) is 16.6 Å². The summed E-state index contributed by atoms with van der Waals surface area (Å²) in [6.45, 7) is 2.07. The van der Waals surface area contributed by atoms with Gasteiger partial charge in [-0.25, -0.2) is 9.48 Å². The second-order valence-corrected chi connectivity index (χ2v) is 6.13. The summed E-state index contributed by atoms with van der Waals surface area (Å²) in [4.78, 5) is 11.8. The molecule has 0 bridgehead atoms. The summed E-state index contributed by atoms with van der Waals surface area (Å²) < 4.78 is 12.6. The highest BCUT2D eigenvalue weighted by Gasteiger charge is 2.09. The van der Waals surface area contributed by atoms with E-state index >= 15 is 0 Å². The van der Waals surface area contributed by atoms with Crippen molar-refractivity contribution in [2.45, 2.75) is 13.5 Å². The molecule has 8 heteroatoms. The number of hydrogen-bond acceptors (Lipinski definition) is 6. The second-order valence-electron chi connectivity index (χ2n) is 5.73. The Morgan fingerprint density at radius 3 is 2.73 bits per heavy atom. The van der Waals surface area contributed by atoms with Gasteiger partial charge in [-0.3, -0.25) is 0 Å². The number of nitrogens with zero attached hydrogens (tertiary/aromatic N) is 4. The van der Waals surface area contributed by atoms with Gasteiger partial charge in [0.1, 0.15) is 24.3 Å². The summed E-state index contributed by atoms with van der Waals surface area (Å²) in [5, 5.41) is 12.4. The number of halogens is 1. The molecule has 0 atom stereocenters. The fourth-order valence-electron chi connectivity index (χ4n) is 2.60. The van der Waals surface area contributed by atoms with Crippen molar-refractivity contribution in [1.29, 1.82) is 0 Å². The van der Waals surface area contributed by atoms with Gasteiger partial charge in [-0.1, -0.05) is 11.6 Å². The van der Waals surface area contributed by atoms with Crippen LogP contribution in [0.25, 0.3) is 16.7 Å². The SMILES string of the molecule is Cc1cc2oc(=O)cc(COc3ccc(-n4cnnn4)cc3)c2cc1Cl. The lowest BCUT2D eigenvalue weighted by Crippen LogP contribution is -2.04. The molecule has 4 aromatic rings. The van der Waals surface area contributed by atoms with Gasteiger partial charge in [0.2, 0.25) is 0 Å². The van der Waals surface area contributed by atoms with Gasteiger partial charge in [0.05, 0.1) is 5.69 Å². The first kappa shape index (κ1) is 16.3. The van der Waals surface area contributed by atoms with Gasteiger partial charge in [-0.15, -0.1) is 5.10 Å². The predicted octanol–water partition coefficient (Wildman–Crippen LogP) is 3.31. The van der Waals surface area contributed by atoms with Crippen molar-refractivity contribution in [3.05, 3.63) is 75.4 Å². The smallest absolute Gasteiger partial charge is 0.336 e. The van der Waals surface area contributed by atoms with Crippen molar-refractivity contribution in [1.82, 2.24) is 20.2 Å². The molecule has 26 heavy (non-hydrogen) atoms. The first-order valence-electron chi connectivity index (χ1n) is 7.79. The largest absolute Gasteiger partial charge is 0.489 e. The minimum atomic E-state index is -0.424. The first-order chi connectivity index (χ1) is 12.6. The monoisotopic (exact) mass is 368 g/mol. The lowest BCUT2D eigenvalue weighted by molar-refractivity contribution is 0.306. The van der Waals surface area contributed by atoms with Gasteiger partial charge in [-0.05, 0) is 59.3 Å². The van der Waals surface area contributed by atoms with Gasteiger partial charge >= 0.3 is 5.63 Å². The highest BCUT2D eigenvalue weighted by molar-refractivity contribution is 6.32. The van der Waals surface area contributed by atoms with E-state index in [9.17, 15) is 4.79 Å². The fourth-order valence-corrected chi connectivity index (χ4v) is 2.77. The summed E-state index contributed by atoms with van der Waals surface area (Å²) in [5.41, 5.74) is 2.44. The normalized spacial score (nSPS) is 11.0. The van der Waals surface area contributed by atoms with Gasteiger partial charge < -0.3 is 9.15 Å². The average molecular weight is 369 g/mol. The van der Waals surface area contributed by atoms with Crippen LogP contribution in [-0.2, 0) is 6.61 Å². The second kappa shape index (κ2) is 6.61. The zero-order chi connectivity index (χ0) is 18.1. The van der Waals surface area contributed by atoms with Crippen LogP contribution in [0.5, 0.6) is 5.75 Å². The molecule has 0 radical (unpaired) electrons. The molecule has 2 aromatic carbocycles. The molecule has 0 spiro atoms. The van der Waals surface area contributed by atoms with Crippen LogP contribution in [0, 0.1) is 6.92 Å². The Morgan fingerprint density at radius 2 is 2.00 bits per heavy atom. The molecule has 0 N–H and O–H groups in total. The Kier molecular flexibility index (Phi) is 4.14. The summed E-state index contributed by atoms with van der Waals surface area (Å²) in [6, 6.07) is 12.2. The lowest BCUT2D eigenvalue weighted by Gasteiger charge is -2.10. The molecule has 0 unspecified atom stereocenters.